The molecule has 44 heteroatoms. The topological polar surface area (TPSA) is 489 Å². The van der Waals surface area contributed by atoms with Gasteiger partial charge in [-0.3, -0.25) is 19.6 Å². The van der Waals surface area contributed by atoms with Gasteiger partial charge in [-0.15, -0.1) is 30.6 Å². The van der Waals surface area contributed by atoms with Crippen LogP contribution in [0.25, 0.3) is 0 Å². The summed E-state index contributed by atoms with van der Waals surface area (Å²) < 4.78 is 164. The highest BCUT2D eigenvalue weighted by atomic mass is 32.2. The molecule has 0 saturated carbocycles. The molecule has 0 amide bonds. The normalized spacial score (nSPS) is 12.6. The standard InChI is InChI=1S/3C15H14N4O2S.2C14H13N5O2S.C14H15N3O3S/c1-12-2-4-14(5-3-12)22(20,21)15-11-19(18-17-15)10-13-6-8-16-9-7-13;1-12-4-6-14(7-5-12)22(20,21)15-11-19(18-17-15)10-13-3-2-8-16-9-13;1-12-5-7-14(8-6-12)22(20,21)15-11-19(18-17-15)10-13-4-2-3-9-16-13;1-11-2-4-13(5-3-11)22(20,21)14-10-19(18-17-14)9-12-6-7-15-16-8-12;1-11-4-6-13(7-5-11)22(20,21)14-10-19(18-17-14)9-12-3-2-8-15-16-12;1-10-3-5-13(6-4-10)21(18,19)14-8-17(16-15-14)7-12-9-20-11(12)2/h3*2-9,11H,10H2,1H3;2*2-8,10H,9H2,1H3;3-6,8,12H,2,7,9H2,1H3. The first-order valence-corrected chi connectivity index (χ1v) is 48.5. The Labute approximate surface area is 754 Å². The molecule has 17 aromatic rings. The number of nitrogens with zero attached hydrogens (tertiary/aromatic N) is 25. The summed E-state index contributed by atoms with van der Waals surface area (Å²) in [6, 6.07) is 58.1. The van der Waals surface area contributed by atoms with Gasteiger partial charge in [0, 0.05) is 43.4 Å². The molecule has 1 aliphatic heterocycles. The molecular weight excluding hydrogens is 1800 g/mol. The molecule has 1 atom stereocenters. The molecule has 670 valence electrons. The molecule has 0 aliphatic carbocycles. The summed E-state index contributed by atoms with van der Waals surface area (Å²) in [6.45, 7) is 18.2. The Balaban J connectivity index is 0.000000134. The second-order valence-electron chi connectivity index (χ2n) is 29.4. The van der Waals surface area contributed by atoms with E-state index in [1.165, 1.54) is 65.3 Å². The van der Waals surface area contributed by atoms with Crippen LogP contribution in [0.2, 0.25) is 0 Å². The van der Waals surface area contributed by atoms with Gasteiger partial charge >= 0.3 is 0 Å². The highest BCUT2D eigenvalue weighted by Crippen LogP contribution is 2.28. The number of rotatable bonds is 24. The number of hydrogen-bond donors (Lipinski definition) is 0. The van der Waals surface area contributed by atoms with E-state index in [0.717, 1.165) is 55.8 Å². The second-order valence-corrected chi connectivity index (χ2v) is 40.8. The summed E-state index contributed by atoms with van der Waals surface area (Å²) in [7, 11) is -21.8. The summed E-state index contributed by atoms with van der Waals surface area (Å²) >= 11 is 0. The zero-order valence-corrected chi connectivity index (χ0v) is 75.8. The zero-order chi connectivity index (χ0) is 92.9. The fourth-order valence-electron chi connectivity index (χ4n) is 11.8. The maximum atomic E-state index is 12.5. The summed E-state index contributed by atoms with van der Waals surface area (Å²) in [5.41, 5.74) is 10.2. The fourth-order valence-corrected chi connectivity index (χ4v) is 18.7. The number of pyridine rings is 3. The van der Waals surface area contributed by atoms with Crippen LogP contribution in [-0.4, -0.2) is 182 Å². The van der Waals surface area contributed by atoms with E-state index in [1.54, 1.807) is 213 Å². The third-order valence-electron chi connectivity index (χ3n) is 19.2. The minimum atomic E-state index is -3.66. The summed E-state index contributed by atoms with van der Waals surface area (Å²) in [5, 5.41) is 60.6. The molecule has 0 bridgehead atoms. The first-order chi connectivity index (χ1) is 62.7. The van der Waals surface area contributed by atoms with Gasteiger partial charge < -0.3 is 4.74 Å². The molecule has 1 aliphatic rings. The second kappa shape index (κ2) is 41.8. The van der Waals surface area contributed by atoms with Crippen LogP contribution in [0.5, 0.6) is 0 Å². The number of ether oxygens (including phenoxy) is 1. The van der Waals surface area contributed by atoms with E-state index in [4.69, 9.17) is 4.74 Å². The maximum absolute atomic E-state index is 12.5. The Morgan fingerprint density at radius 1 is 0.290 bits per heavy atom. The average molecular weight is 1880 g/mol. The van der Waals surface area contributed by atoms with Gasteiger partial charge in [0.05, 0.1) is 142 Å². The molecule has 131 heavy (non-hydrogen) atoms. The fraction of sp³-hybridized carbons (Fsp3) is 0.161. The van der Waals surface area contributed by atoms with Crippen molar-refractivity contribution in [3.8, 4) is 0 Å². The van der Waals surface area contributed by atoms with Crippen molar-refractivity contribution in [3.63, 3.8) is 0 Å². The zero-order valence-electron chi connectivity index (χ0n) is 70.9. The van der Waals surface area contributed by atoms with Gasteiger partial charge in [0.1, 0.15) is 0 Å². The Kier molecular flexibility index (Phi) is 29.9. The maximum Gasteiger partial charge on any atom is 0.227 e. The van der Waals surface area contributed by atoms with Crippen molar-refractivity contribution in [3.05, 3.63) is 367 Å². The Morgan fingerprint density at radius 2 is 0.611 bits per heavy atom. The Hall–Kier alpha value is -15.0. The highest BCUT2D eigenvalue weighted by Gasteiger charge is 2.30. The minimum absolute atomic E-state index is 0.0443. The van der Waals surface area contributed by atoms with E-state index >= 15 is 0 Å². The molecule has 38 nitrogen and oxygen atoms in total. The average Bonchev–Trinajstić information content (AvgIpc) is 1.85. The lowest BCUT2D eigenvalue weighted by molar-refractivity contribution is 0.0387. The van der Waals surface area contributed by atoms with E-state index in [1.807, 2.05) is 84.0 Å². The lowest BCUT2D eigenvalue weighted by Gasteiger charge is -2.29. The van der Waals surface area contributed by atoms with Crippen molar-refractivity contribution in [2.75, 3.05) is 6.61 Å². The lowest BCUT2D eigenvalue weighted by Crippen LogP contribution is -2.28. The van der Waals surface area contributed by atoms with Gasteiger partial charge in [0.2, 0.25) is 89.2 Å². The van der Waals surface area contributed by atoms with Crippen LogP contribution >= 0.6 is 0 Å². The third kappa shape index (κ3) is 24.7. The van der Waals surface area contributed by atoms with Gasteiger partial charge in [0.15, 0.2) is 0 Å². The van der Waals surface area contributed by atoms with Gasteiger partial charge in [-0.25, -0.2) is 73.9 Å². The van der Waals surface area contributed by atoms with Crippen molar-refractivity contribution < 1.29 is 55.2 Å². The first-order valence-electron chi connectivity index (χ1n) is 39.6. The van der Waals surface area contributed by atoms with Gasteiger partial charge in [-0.2, -0.15) is 20.4 Å². The van der Waals surface area contributed by atoms with Crippen LogP contribution < -0.4 is 0 Å². The smallest absolute Gasteiger partial charge is 0.227 e. The number of benzene rings is 6. The summed E-state index contributed by atoms with van der Waals surface area (Å²) in [6.07, 6.45) is 21.7. The van der Waals surface area contributed by atoms with Crippen LogP contribution in [0, 0.1) is 47.5 Å². The predicted octanol–water partition coefficient (Wildman–Crippen LogP) is 9.68. The predicted molar refractivity (Wildman–Crippen MR) is 471 cm³/mol. The molecule has 0 radical (unpaired) electrons. The number of aryl methyl sites for hydroxylation is 6. The lowest BCUT2D eigenvalue weighted by atomic mass is 10.1. The van der Waals surface area contributed by atoms with E-state index < -0.39 is 59.0 Å². The summed E-state index contributed by atoms with van der Waals surface area (Å²) in [4.78, 5) is 13.4. The van der Waals surface area contributed by atoms with Crippen LogP contribution in [0.3, 0.4) is 0 Å². The molecule has 1 fully saturated rings. The van der Waals surface area contributed by atoms with Gasteiger partial charge in [-0.1, -0.05) is 156 Å². The Bertz CT molecular complexity index is 6570. The van der Waals surface area contributed by atoms with Crippen molar-refractivity contribution in [2.24, 2.45) is 5.92 Å². The SMILES string of the molecule is C=C1OCC1Cn1cc(S(=O)(=O)c2ccc(C)cc2)nn1.Cc1ccc(S(=O)(=O)c2cn(Cc3ccccn3)nn2)cc1.Cc1ccc(S(=O)(=O)c2cn(Cc3cccnc3)nn2)cc1.Cc1ccc(S(=O)(=O)c2cn(Cc3cccnn3)nn2)cc1.Cc1ccc(S(=O)(=O)c2cn(Cc3ccncc3)nn2)cc1.Cc1ccc(S(=O)(=O)c2cn(Cc3ccnnc3)nn2)cc1. The highest BCUT2D eigenvalue weighted by molar-refractivity contribution is 7.92. The van der Waals surface area contributed by atoms with E-state index in [0.29, 0.717) is 57.3 Å². The third-order valence-corrected chi connectivity index (χ3v) is 29.0. The van der Waals surface area contributed by atoms with Crippen molar-refractivity contribution >= 4 is 59.0 Å². The van der Waals surface area contributed by atoms with Gasteiger partial charge in [0.25, 0.3) is 0 Å². The molecule has 18 rings (SSSR count). The number of sulfone groups is 6. The van der Waals surface area contributed by atoms with Crippen LogP contribution in [0.4, 0.5) is 0 Å². The molecule has 12 heterocycles. The Morgan fingerprint density at radius 3 is 0.916 bits per heavy atom. The molecule has 11 aromatic heterocycles. The van der Waals surface area contributed by atoms with Gasteiger partial charge in [-0.05, 0) is 180 Å². The molecule has 0 N–H and O–H groups in total. The van der Waals surface area contributed by atoms with Crippen LogP contribution in [0.1, 0.15) is 61.5 Å². The van der Waals surface area contributed by atoms with Crippen LogP contribution in [0.15, 0.2) is 365 Å². The molecule has 0 spiro atoms. The largest absolute Gasteiger partial charge is 0.497 e. The number of aromatic nitrogens is 25. The van der Waals surface area contributed by atoms with Crippen molar-refractivity contribution in [1.29, 1.82) is 0 Å². The molecular formula is C87H83N25O13S6. The minimum Gasteiger partial charge on any atom is -0.497 e. The van der Waals surface area contributed by atoms with E-state index in [2.05, 4.69) is 104 Å². The van der Waals surface area contributed by atoms with Crippen LogP contribution in [-0.2, 0) is 103 Å². The number of hydrogen-bond acceptors (Lipinski definition) is 32. The van der Waals surface area contributed by atoms with E-state index in [9.17, 15) is 50.5 Å². The molecule has 6 aromatic carbocycles. The molecule has 1 unspecified atom stereocenters. The van der Waals surface area contributed by atoms with Crippen molar-refractivity contribution in [1.82, 2.24) is 125 Å². The molecule has 1 saturated heterocycles. The van der Waals surface area contributed by atoms with Crippen molar-refractivity contribution in [2.45, 2.75) is 140 Å². The monoisotopic (exact) mass is 1880 g/mol. The quantitative estimate of drug-likeness (QED) is 0.0543. The summed E-state index contributed by atoms with van der Waals surface area (Å²) in [5.74, 6) is 0.870. The van der Waals surface area contributed by atoms with E-state index in [-0.39, 0.29) is 65.4 Å². The first kappa shape index (κ1) is 93.6.